The van der Waals surface area contributed by atoms with Gasteiger partial charge in [0.1, 0.15) is 11.8 Å². The van der Waals surface area contributed by atoms with E-state index in [-0.39, 0.29) is 11.9 Å². The van der Waals surface area contributed by atoms with Gasteiger partial charge in [0, 0.05) is 35.8 Å². The van der Waals surface area contributed by atoms with E-state index in [4.69, 9.17) is 4.42 Å². The van der Waals surface area contributed by atoms with Crippen LogP contribution in [0.5, 0.6) is 0 Å². The smallest absolute Gasteiger partial charge is 0.252 e. The van der Waals surface area contributed by atoms with E-state index in [1.807, 2.05) is 24.4 Å². The summed E-state index contributed by atoms with van der Waals surface area (Å²) >= 11 is 3.30. The van der Waals surface area contributed by atoms with Gasteiger partial charge in [0.25, 0.3) is 5.91 Å². The predicted molar refractivity (Wildman–Crippen MR) is 83.3 cm³/mol. The molecule has 3 rings (SSSR count). The molecular formula is C15H13BrN4O2. The highest BCUT2D eigenvalue weighted by molar-refractivity contribution is 9.10. The maximum absolute atomic E-state index is 12.2. The third-order valence-electron chi connectivity index (χ3n) is 3.14. The lowest BCUT2D eigenvalue weighted by atomic mass is 10.2. The van der Waals surface area contributed by atoms with Crippen molar-refractivity contribution < 1.29 is 9.21 Å². The molecule has 0 aliphatic rings. The Balaban J connectivity index is 1.73. The number of carbonyl (C=O) groups is 1. The van der Waals surface area contributed by atoms with Crippen molar-refractivity contribution in [2.75, 3.05) is 6.54 Å². The Labute approximate surface area is 135 Å². The number of hydrogen-bond donors (Lipinski definition) is 1. The summed E-state index contributed by atoms with van der Waals surface area (Å²) in [4.78, 5) is 16.2. The van der Waals surface area contributed by atoms with Crippen molar-refractivity contribution in [1.82, 2.24) is 20.1 Å². The van der Waals surface area contributed by atoms with Gasteiger partial charge in [-0.1, -0.05) is 0 Å². The first kappa shape index (κ1) is 14.5. The summed E-state index contributed by atoms with van der Waals surface area (Å²) in [6, 6.07) is 7.02. The van der Waals surface area contributed by atoms with E-state index in [1.165, 1.54) is 6.20 Å². The average Bonchev–Trinajstić information content (AvgIpc) is 3.21. The number of furan rings is 1. The number of aromatic nitrogens is 3. The molecule has 0 aromatic carbocycles. The number of pyridine rings is 1. The first-order valence-electron chi connectivity index (χ1n) is 6.65. The number of amides is 1. The minimum absolute atomic E-state index is 0.197. The van der Waals surface area contributed by atoms with Crippen LogP contribution in [0.15, 0.2) is 64.2 Å². The topological polar surface area (TPSA) is 73.0 Å². The molecule has 112 valence electrons. The molecule has 0 saturated heterocycles. The summed E-state index contributed by atoms with van der Waals surface area (Å²) in [5, 5.41) is 7.11. The Kier molecular flexibility index (Phi) is 4.34. The number of rotatable bonds is 5. The van der Waals surface area contributed by atoms with Crippen molar-refractivity contribution >= 4 is 21.8 Å². The number of hydrogen-bond acceptors (Lipinski definition) is 4. The van der Waals surface area contributed by atoms with Crippen LogP contribution >= 0.6 is 15.9 Å². The SMILES string of the molecule is O=C(NC[C@@H](c1ccco1)n1cccn1)c1cncc(Br)c1. The maximum Gasteiger partial charge on any atom is 0.252 e. The Morgan fingerprint density at radius 2 is 2.32 bits per heavy atom. The summed E-state index contributed by atoms with van der Waals surface area (Å²) < 4.78 is 7.95. The molecule has 0 fully saturated rings. The first-order chi connectivity index (χ1) is 10.7. The van der Waals surface area contributed by atoms with E-state index in [1.54, 1.807) is 29.4 Å². The summed E-state index contributed by atoms with van der Waals surface area (Å²) in [6.07, 6.45) is 8.28. The first-order valence-corrected chi connectivity index (χ1v) is 7.44. The van der Waals surface area contributed by atoms with Crippen LogP contribution in [0.3, 0.4) is 0 Å². The van der Waals surface area contributed by atoms with Crippen molar-refractivity contribution in [1.29, 1.82) is 0 Å². The van der Waals surface area contributed by atoms with Gasteiger partial charge in [0.15, 0.2) is 0 Å². The summed E-state index contributed by atoms with van der Waals surface area (Å²) in [5.74, 6) is 0.536. The Hall–Kier alpha value is -2.41. The molecule has 0 spiro atoms. The minimum atomic E-state index is -0.200. The lowest BCUT2D eigenvalue weighted by Crippen LogP contribution is -2.31. The van der Waals surface area contributed by atoms with Crippen LogP contribution in [0.2, 0.25) is 0 Å². The van der Waals surface area contributed by atoms with Gasteiger partial charge >= 0.3 is 0 Å². The third kappa shape index (κ3) is 3.25. The largest absolute Gasteiger partial charge is 0.467 e. The Bertz CT molecular complexity index is 707. The van der Waals surface area contributed by atoms with Crippen molar-refractivity contribution in [3.8, 4) is 0 Å². The number of halogens is 1. The fraction of sp³-hybridized carbons (Fsp3) is 0.133. The lowest BCUT2D eigenvalue weighted by Gasteiger charge is -2.16. The summed E-state index contributed by atoms with van der Waals surface area (Å²) in [5.41, 5.74) is 0.494. The number of nitrogens with zero attached hydrogens (tertiary/aromatic N) is 3. The van der Waals surface area contributed by atoms with Crippen LogP contribution in [0, 0.1) is 0 Å². The second kappa shape index (κ2) is 6.57. The normalized spacial score (nSPS) is 12.0. The monoisotopic (exact) mass is 360 g/mol. The van der Waals surface area contributed by atoms with E-state index in [0.29, 0.717) is 12.1 Å². The van der Waals surface area contributed by atoms with Crippen molar-refractivity contribution in [2.24, 2.45) is 0 Å². The summed E-state index contributed by atoms with van der Waals surface area (Å²) in [6.45, 7) is 0.362. The highest BCUT2D eigenvalue weighted by atomic mass is 79.9. The molecule has 0 unspecified atom stereocenters. The van der Waals surface area contributed by atoms with E-state index >= 15 is 0 Å². The van der Waals surface area contributed by atoms with Gasteiger partial charge in [0.05, 0.1) is 11.8 Å². The van der Waals surface area contributed by atoms with Crippen LogP contribution in [-0.2, 0) is 0 Å². The quantitative estimate of drug-likeness (QED) is 0.758. The van der Waals surface area contributed by atoms with Crippen LogP contribution in [0.1, 0.15) is 22.2 Å². The van der Waals surface area contributed by atoms with Gasteiger partial charge in [-0.15, -0.1) is 0 Å². The molecule has 7 heteroatoms. The highest BCUT2D eigenvalue weighted by Crippen LogP contribution is 2.17. The third-order valence-corrected chi connectivity index (χ3v) is 3.57. The Morgan fingerprint density at radius 3 is 3.00 bits per heavy atom. The molecule has 0 saturated carbocycles. The van der Waals surface area contributed by atoms with E-state index in [2.05, 4.69) is 31.3 Å². The van der Waals surface area contributed by atoms with Crippen LogP contribution in [-0.4, -0.2) is 27.2 Å². The molecule has 0 aliphatic carbocycles. The number of carbonyl (C=O) groups excluding carboxylic acids is 1. The molecule has 0 radical (unpaired) electrons. The average molecular weight is 361 g/mol. The highest BCUT2D eigenvalue weighted by Gasteiger charge is 2.18. The second-order valence-electron chi connectivity index (χ2n) is 4.62. The van der Waals surface area contributed by atoms with Crippen molar-refractivity contribution in [3.63, 3.8) is 0 Å². The van der Waals surface area contributed by atoms with Gasteiger partial charge in [-0.3, -0.25) is 14.5 Å². The fourth-order valence-electron chi connectivity index (χ4n) is 2.10. The molecule has 3 aromatic heterocycles. The zero-order valence-corrected chi connectivity index (χ0v) is 13.1. The number of nitrogens with one attached hydrogen (secondary N) is 1. The molecule has 22 heavy (non-hydrogen) atoms. The molecule has 1 N–H and O–H groups in total. The van der Waals surface area contributed by atoms with E-state index < -0.39 is 0 Å². The standard InChI is InChI=1S/C15H13BrN4O2/c16-12-7-11(8-17-9-12)15(21)18-10-13(14-3-1-6-22-14)20-5-2-4-19-20/h1-9,13H,10H2,(H,18,21)/t13-/m0/s1. The zero-order valence-electron chi connectivity index (χ0n) is 11.5. The molecule has 3 aromatic rings. The maximum atomic E-state index is 12.2. The predicted octanol–water partition coefficient (Wildman–Crippen LogP) is 2.65. The zero-order chi connectivity index (χ0) is 15.4. The molecular weight excluding hydrogens is 348 g/mol. The molecule has 0 bridgehead atoms. The van der Waals surface area contributed by atoms with Gasteiger partial charge < -0.3 is 9.73 Å². The molecule has 1 atom stereocenters. The van der Waals surface area contributed by atoms with Crippen LogP contribution < -0.4 is 5.32 Å². The van der Waals surface area contributed by atoms with Gasteiger partial charge in [-0.05, 0) is 40.2 Å². The van der Waals surface area contributed by atoms with Crippen LogP contribution in [0.25, 0.3) is 0 Å². The van der Waals surface area contributed by atoms with E-state index in [9.17, 15) is 4.79 Å². The van der Waals surface area contributed by atoms with Crippen molar-refractivity contribution in [3.05, 3.63) is 71.1 Å². The second-order valence-corrected chi connectivity index (χ2v) is 5.53. The minimum Gasteiger partial charge on any atom is -0.467 e. The van der Waals surface area contributed by atoms with Crippen LogP contribution in [0.4, 0.5) is 0 Å². The molecule has 1 amide bonds. The molecule has 0 aliphatic heterocycles. The summed E-state index contributed by atoms with van der Waals surface area (Å²) in [7, 11) is 0. The lowest BCUT2D eigenvalue weighted by molar-refractivity contribution is 0.0947. The van der Waals surface area contributed by atoms with Gasteiger partial charge in [-0.2, -0.15) is 5.10 Å². The van der Waals surface area contributed by atoms with Gasteiger partial charge in [-0.25, -0.2) is 0 Å². The fourth-order valence-corrected chi connectivity index (χ4v) is 2.46. The molecule has 3 heterocycles. The van der Waals surface area contributed by atoms with Gasteiger partial charge in [0.2, 0.25) is 0 Å². The van der Waals surface area contributed by atoms with E-state index in [0.717, 1.165) is 10.2 Å². The van der Waals surface area contributed by atoms with Crippen molar-refractivity contribution in [2.45, 2.75) is 6.04 Å². The Morgan fingerprint density at radius 1 is 1.41 bits per heavy atom. The molecule has 6 nitrogen and oxygen atoms in total.